The molecule has 0 saturated heterocycles. The van der Waals surface area contributed by atoms with Crippen LogP contribution in [0.5, 0.6) is 0 Å². The van der Waals surface area contributed by atoms with Gasteiger partial charge in [0.05, 0.1) is 6.54 Å². The first-order valence-electron chi connectivity index (χ1n) is 4.47. The lowest BCUT2D eigenvalue weighted by Crippen LogP contribution is -2.41. The molecule has 6 N–H and O–H groups in total. The second-order valence-corrected chi connectivity index (χ2v) is 3.09. The van der Waals surface area contributed by atoms with Gasteiger partial charge in [0.1, 0.15) is 6.10 Å². The van der Waals surface area contributed by atoms with Crippen LogP contribution in [0.1, 0.15) is 19.8 Å². The van der Waals surface area contributed by atoms with E-state index in [0.717, 1.165) is 0 Å². The van der Waals surface area contributed by atoms with Crippen LogP contribution in [0.2, 0.25) is 0 Å². The van der Waals surface area contributed by atoms with Gasteiger partial charge in [0.2, 0.25) is 11.8 Å². The fourth-order valence-corrected chi connectivity index (χ4v) is 0.766. The highest BCUT2D eigenvalue weighted by Crippen LogP contribution is 1.92. The van der Waals surface area contributed by atoms with Crippen molar-refractivity contribution in [1.82, 2.24) is 5.32 Å². The van der Waals surface area contributed by atoms with Crippen molar-refractivity contribution >= 4 is 11.8 Å². The molecule has 0 bridgehead atoms. The van der Waals surface area contributed by atoms with Crippen LogP contribution < -0.4 is 16.8 Å². The van der Waals surface area contributed by atoms with Crippen LogP contribution in [0.4, 0.5) is 0 Å². The number of carbonyl (C=O) groups is 2. The van der Waals surface area contributed by atoms with Crippen LogP contribution >= 0.6 is 0 Å². The molecule has 0 fully saturated rings. The maximum atomic E-state index is 11.1. The third-order valence-corrected chi connectivity index (χ3v) is 1.79. The smallest absolute Gasteiger partial charge is 0.248 e. The zero-order chi connectivity index (χ0) is 11.1. The first kappa shape index (κ1) is 12.9. The van der Waals surface area contributed by atoms with Crippen molar-refractivity contribution in [3.05, 3.63) is 0 Å². The molecule has 0 rings (SSSR count). The van der Waals surface area contributed by atoms with E-state index in [1.54, 1.807) is 0 Å². The zero-order valence-corrected chi connectivity index (χ0v) is 8.19. The summed E-state index contributed by atoms with van der Waals surface area (Å²) in [6.07, 6.45) is -0.454. The third-order valence-electron chi connectivity index (χ3n) is 1.79. The fraction of sp³-hybridized carbons (Fsp3) is 0.750. The van der Waals surface area contributed by atoms with Gasteiger partial charge in [-0.1, -0.05) is 6.92 Å². The van der Waals surface area contributed by atoms with E-state index in [9.17, 15) is 9.59 Å². The highest BCUT2D eigenvalue weighted by Gasteiger charge is 2.13. The fourth-order valence-electron chi connectivity index (χ4n) is 0.766. The van der Waals surface area contributed by atoms with Crippen LogP contribution in [0, 0.1) is 0 Å². The average molecular weight is 203 g/mol. The molecule has 0 heterocycles. The lowest BCUT2D eigenvalue weighted by Gasteiger charge is -2.10. The summed E-state index contributed by atoms with van der Waals surface area (Å²) < 4.78 is 0. The second-order valence-electron chi connectivity index (χ2n) is 3.09. The van der Waals surface area contributed by atoms with Gasteiger partial charge in [0, 0.05) is 12.5 Å². The molecule has 0 saturated carbocycles. The Labute approximate surface area is 82.6 Å². The van der Waals surface area contributed by atoms with Gasteiger partial charge in [-0.05, 0) is 6.42 Å². The van der Waals surface area contributed by atoms with Gasteiger partial charge in [0.15, 0.2) is 0 Å². The summed E-state index contributed by atoms with van der Waals surface area (Å²) in [5.41, 5.74) is 10.3. The lowest BCUT2D eigenvalue weighted by atomic mass is 10.1. The highest BCUT2D eigenvalue weighted by molar-refractivity contribution is 5.81. The molecule has 6 nitrogen and oxygen atoms in total. The maximum absolute atomic E-state index is 11.1. The van der Waals surface area contributed by atoms with Crippen molar-refractivity contribution in [3.63, 3.8) is 0 Å². The molecule has 0 aromatic carbocycles. The molecule has 2 amide bonds. The van der Waals surface area contributed by atoms with Crippen LogP contribution in [0.15, 0.2) is 0 Å². The van der Waals surface area contributed by atoms with Crippen molar-refractivity contribution in [2.75, 3.05) is 6.54 Å². The minimum absolute atomic E-state index is 0.162. The third kappa shape index (κ3) is 5.50. The van der Waals surface area contributed by atoms with Crippen molar-refractivity contribution in [1.29, 1.82) is 0 Å². The second kappa shape index (κ2) is 6.33. The zero-order valence-electron chi connectivity index (χ0n) is 8.19. The van der Waals surface area contributed by atoms with E-state index in [2.05, 4.69) is 5.32 Å². The lowest BCUT2D eigenvalue weighted by molar-refractivity contribution is -0.127. The average Bonchev–Trinajstić information content (AvgIpc) is 2.13. The summed E-state index contributed by atoms with van der Waals surface area (Å²) in [6.45, 7) is 1.71. The van der Waals surface area contributed by atoms with Gasteiger partial charge < -0.3 is 21.9 Å². The predicted molar refractivity (Wildman–Crippen MR) is 51.1 cm³/mol. The quantitative estimate of drug-likeness (QED) is 0.402. The number of nitrogens with one attached hydrogen (secondary N) is 1. The topological polar surface area (TPSA) is 118 Å². The predicted octanol–water partition coefficient (Wildman–Crippen LogP) is -1.92. The van der Waals surface area contributed by atoms with E-state index in [0.29, 0.717) is 6.42 Å². The molecule has 0 radical (unpaired) electrons. The van der Waals surface area contributed by atoms with Gasteiger partial charge in [-0.3, -0.25) is 9.59 Å². The Balaban J connectivity index is 3.69. The molecule has 0 aromatic heterocycles. The summed E-state index contributed by atoms with van der Waals surface area (Å²) in [6, 6.07) is -0.194. The largest absolute Gasteiger partial charge is 0.381 e. The molecule has 2 atom stereocenters. The van der Waals surface area contributed by atoms with E-state index in [4.69, 9.17) is 16.6 Å². The van der Waals surface area contributed by atoms with Crippen LogP contribution in [-0.2, 0) is 9.59 Å². The summed E-state index contributed by atoms with van der Waals surface area (Å²) >= 11 is 0. The van der Waals surface area contributed by atoms with E-state index in [1.807, 2.05) is 6.92 Å². The maximum Gasteiger partial charge on any atom is 0.248 e. The normalized spacial score (nSPS) is 14.5. The molecular weight excluding hydrogens is 186 g/mol. The Kier molecular flexibility index (Phi) is 5.82. The molecule has 0 aliphatic rings. The number of nitrogens with two attached hydrogens (primary N) is 2. The Morgan fingerprint density at radius 2 is 2.07 bits per heavy atom. The standard InChI is InChI=1S/C8H17N3O3/c1-2-5(9)3-7(13)11-4-6(12)8(10)14/h5-6,12H,2-4,9H2,1H3,(H2,10,14)(H,11,13). The van der Waals surface area contributed by atoms with Gasteiger partial charge in [-0.15, -0.1) is 0 Å². The number of rotatable bonds is 6. The van der Waals surface area contributed by atoms with E-state index < -0.39 is 12.0 Å². The van der Waals surface area contributed by atoms with Crippen LogP contribution in [0.25, 0.3) is 0 Å². The molecule has 0 spiro atoms. The number of aliphatic hydroxyl groups excluding tert-OH is 1. The number of hydrogen-bond donors (Lipinski definition) is 4. The van der Waals surface area contributed by atoms with Crippen molar-refractivity contribution < 1.29 is 14.7 Å². The number of amides is 2. The van der Waals surface area contributed by atoms with Gasteiger partial charge in [-0.25, -0.2) is 0 Å². The van der Waals surface area contributed by atoms with E-state index in [1.165, 1.54) is 0 Å². The number of hydrogen-bond acceptors (Lipinski definition) is 4. The molecule has 0 aliphatic heterocycles. The number of carbonyl (C=O) groups excluding carboxylic acids is 2. The Morgan fingerprint density at radius 3 is 2.50 bits per heavy atom. The summed E-state index contributed by atoms with van der Waals surface area (Å²) in [7, 11) is 0. The first-order chi connectivity index (χ1) is 6.47. The number of primary amides is 1. The first-order valence-corrected chi connectivity index (χ1v) is 4.47. The molecular formula is C8H17N3O3. The molecule has 0 aliphatic carbocycles. The van der Waals surface area contributed by atoms with Gasteiger partial charge in [-0.2, -0.15) is 0 Å². The minimum atomic E-state index is -1.34. The van der Waals surface area contributed by atoms with Crippen molar-refractivity contribution in [3.8, 4) is 0 Å². The van der Waals surface area contributed by atoms with Gasteiger partial charge >= 0.3 is 0 Å². The molecule has 14 heavy (non-hydrogen) atoms. The van der Waals surface area contributed by atoms with E-state index in [-0.39, 0.29) is 24.9 Å². The monoisotopic (exact) mass is 203 g/mol. The molecule has 6 heteroatoms. The SMILES string of the molecule is CCC(N)CC(=O)NCC(O)C(N)=O. The Bertz CT molecular complexity index is 208. The molecule has 82 valence electrons. The summed E-state index contributed by atoms with van der Waals surface area (Å²) in [4.78, 5) is 21.5. The molecule has 2 unspecified atom stereocenters. The van der Waals surface area contributed by atoms with Crippen LogP contribution in [0.3, 0.4) is 0 Å². The van der Waals surface area contributed by atoms with Crippen LogP contribution in [-0.4, -0.2) is 35.6 Å². The Hall–Kier alpha value is -1.14. The number of aliphatic hydroxyl groups is 1. The Morgan fingerprint density at radius 1 is 1.50 bits per heavy atom. The summed E-state index contributed by atoms with van der Waals surface area (Å²) in [5.74, 6) is -1.15. The molecule has 0 aromatic rings. The summed E-state index contributed by atoms with van der Waals surface area (Å²) in [5, 5.41) is 11.3. The highest BCUT2D eigenvalue weighted by atomic mass is 16.3. The van der Waals surface area contributed by atoms with Gasteiger partial charge in [0.25, 0.3) is 0 Å². The van der Waals surface area contributed by atoms with E-state index >= 15 is 0 Å². The van der Waals surface area contributed by atoms with Crippen molar-refractivity contribution in [2.24, 2.45) is 11.5 Å². The minimum Gasteiger partial charge on any atom is -0.381 e. The van der Waals surface area contributed by atoms with Crippen molar-refractivity contribution in [2.45, 2.75) is 31.9 Å².